The lowest BCUT2D eigenvalue weighted by molar-refractivity contribution is -0.140. The summed E-state index contributed by atoms with van der Waals surface area (Å²) in [5, 5.41) is 9.63. The summed E-state index contributed by atoms with van der Waals surface area (Å²) in [6.07, 6.45) is 6.62. The van der Waals surface area contributed by atoms with Gasteiger partial charge in [0.2, 0.25) is 0 Å². The van der Waals surface area contributed by atoms with Crippen molar-refractivity contribution in [3.8, 4) is 11.1 Å². The number of carbonyl (C=O) groups is 1. The summed E-state index contributed by atoms with van der Waals surface area (Å²) >= 11 is 0. The van der Waals surface area contributed by atoms with E-state index in [-0.39, 0.29) is 13.2 Å². The van der Waals surface area contributed by atoms with Gasteiger partial charge >= 0.3 is 5.97 Å². The van der Waals surface area contributed by atoms with Crippen LogP contribution in [0.15, 0.2) is 48.6 Å². The minimum atomic E-state index is -0.415. The predicted molar refractivity (Wildman–Crippen MR) is 113 cm³/mol. The Morgan fingerprint density at radius 3 is 2.50 bits per heavy atom. The van der Waals surface area contributed by atoms with E-state index in [0.29, 0.717) is 11.5 Å². The number of hydrogen-bond acceptors (Lipinski definition) is 3. The molecular formula is C25H30O3. The van der Waals surface area contributed by atoms with Crippen LogP contribution < -0.4 is 0 Å². The lowest BCUT2D eigenvalue weighted by Crippen LogP contribution is -2.07. The monoisotopic (exact) mass is 378 g/mol. The molecule has 0 atom stereocenters. The fraction of sp³-hybridized carbons (Fsp3) is 0.400. The minimum absolute atomic E-state index is 0.0835. The second-order valence-electron chi connectivity index (χ2n) is 7.91. The van der Waals surface area contributed by atoms with Gasteiger partial charge in [0.15, 0.2) is 0 Å². The first kappa shape index (κ1) is 20.3. The molecule has 0 amide bonds. The number of hydrogen-bond donors (Lipinski definition) is 1. The second-order valence-corrected chi connectivity index (χ2v) is 7.91. The molecule has 3 rings (SSSR count). The first-order valence-corrected chi connectivity index (χ1v) is 10.2. The molecule has 0 saturated heterocycles. The number of esters is 1. The van der Waals surface area contributed by atoms with Crippen LogP contribution in [0.4, 0.5) is 0 Å². The summed E-state index contributed by atoms with van der Waals surface area (Å²) in [6.45, 7) is 7.44. The van der Waals surface area contributed by atoms with Crippen LogP contribution in [0.3, 0.4) is 0 Å². The van der Waals surface area contributed by atoms with Gasteiger partial charge in [0, 0.05) is 5.57 Å². The molecule has 2 aromatic rings. The highest BCUT2D eigenvalue weighted by atomic mass is 16.5. The molecule has 1 aliphatic carbocycles. The van der Waals surface area contributed by atoms with E-state index in [2.05, 4.69) is 31.7 Å². The van der Waals surface area contributed by atoms with Crippen LogP contribution in [0.1, 0.15) is 67.2 Å². The molecule has 0 bridgehead atoms. The van der Waals surface area contributed by atoms with Gasteiger partial charge in [-0.1, -0.05) is 56.2 Å². The van der Waals surface area contributed by atoms with Crippen LogP contribution in [0, 0.1) is 6.92 Å². The van der Waals surface area contributed by atoms with Gasteiger partial charge in [0.05, 0.1) is 6.61 Å². The first-order chi connectivity index (χ1) is 13.5. The summed E-state index contributed by atoms with van der Waals surface area (Å²) < 4.78 is 5.30. The maximum Gasteiger partial charge on any atom is 0.333 e. The lowest BCUT2D eigenvalue weighted by Gasteiger charge is -2.23. The lowest BCUT2D eigenvalue weighted by atomic mass is 9.82. The Balaban J connectivity index is 1.85. The zero-order valence-electron chi connectivity index (χ0n) is 17.0. The van der Waals surface area contributed by atoms with Crippen LogP contribution in [0.2, 0.25) is 0 Å². The molecule has 28 heavy (non-hydrogen) atoms. The molecule has 0 heterocycles. The third-order valence-corrected chi connectivity index (χ3v) is 5.72. The van der Waals surface area contributed by atoms with Crippen LogP contribution in [-0.4, -0.2) is 11.1 Å². The predicted octanol–water partition coefficient (Wildman–Crippen LogP) is 5.82. The van der Waals surface area contributed by atoms with Gasteiger partial charge in [0.25, 0.3) is 0 Å². The van der Waals surface area contributed by atoms with Crippen LogP contribution in [-0.2, 0) is 22.7 Å². The van der Waals surface area contributed by atoms with Crippen molar-refractivity contribution < 1.29 is 14.6 Å². The van der Waals surface area contributed by atoms with Gasteiger partial charge in [-0.05, 0) is 72.1 Å². The average Bonchev–Trinajstić information content (AvgIpc) is 2.72. The Bertz CT molecular complexity index is 860. The SMILES string of the molecule is C=C(C)C(=O)OCc1cc(-c2ccc(C3CCCCC3)cc2C)ccc1CO. The Morgan fingerprint density at radius 1 is 1.11 bits per heavy atom. The fourth-order valence-electron chi connectivity index (χ4n) is 4.05. The van der Waals surface area contributed by atoms with Gasteiger partial charge in [-0.3, -0.25) is 0 Å². The molecule has 1 N–H and O–H groups in total. The minimum Gasteiger partial charge on any atom is -0.457 e. The average molecular weight is 379 g/mol. The molecule has 148 valence electrons. The van der Waals surface area contributed by atoms with E-state index in [1.165, 1.54) is 48.8 Å². The van der Waals surface area contributed by atoms with Gasteiger partial charge in [-0.2, -0.15) is 0 Å². The van der Waals surface area contributed by atoms with Crippen molar-refractivity contribution in [3.63, 3.8) is 0 Å². The highest BCUT2D eigenvalue weighted by Crippen LogP contribution is 2.35. The number of aliphatic hydroxyl groups excluding tert-OH is 1. The molecule has 0 aliphatic heterocycles. The number of rotatable bonds is 6. The van der Waals surface area contributed by atoms with Gasteiger partial charge in [-0.15, -0.1) is 0 Å². The van der Waals surface area contributed by atoms with E-state index in [4.69, 9.17) is 4.74 Å². The molecule has 2 aromatic carbocycles. The van der Waals surface area contributed by atoms with Crippen molar-refractivity contribution in [2.75, 3.05) is 0 Å². The van der Waals surface area contributed by atoms with E-state index < -0.39 is 5.97 Å². The zero-order valence-corrected chi connectivity index (χ0v) is 17.0. The van der Waals surface area contributed by atoms with Gasteiger partial charge in [-0.25, -0.2) is 4.79 Å². The Hall–Kier alpha value is -2.39. The molecule has 1 fully saturated rings. The van der Waals surface area contributed by atoms with E-state index >= 15 is 0 Å². The van der Waals surface area contributed by atoms with Crippen molar-refractivity contribution in [2.24, 2.45) is 0 Å². The molecule has 0 spiro atoms. The fourth-order valence-corrected chi connectivity index (χ4v) is 4.05. The molecule has 0 radical (unpaired) electrons. The van der Waals surface area contributed by atoms with Crippen molar-refractivity contribution in [2.45, 2.75) is 65.1 Å². The van der Waals surface area contributed by atoms with E-state index in [9.17, 15) is 9.90 Å². The Morgan fingerprint density at radius 2 is 1.86 bits per heavy atom. The summed E-state index contributed by atoms with van der Waals surface area (Å²) in [5.41, 5.74) is 6.92. The summed E-state index contributed by atoms with van der Waals surface area (Å²) in [4.78, 5) is 11.7. The Kier molecular flexibility index (Phi) is 6.69. The topological polar surface area (TPSA) is 46.5 Å². The maximum absolute atomic E-state index is 11.7. The van der Waals surface area contributed by atoms with Gasteiger partial charge in [0.1, 0.15) is 6.61 Å². The summed E-state index contributed by atoms with van der Waals surface area (Å²) in [7, 11) is 0. The van der Waals surface area contributed by atoms with E-state index in [1.54, 1.807) is 6.92 Å². The second kappa shape index (κ2) is 9.20. The third-order valence-electron chi connectivity index (χ3n) is 5.72. The number of benzene rings is 2. The van der Waals surface area contributed by atoms with Crippen LogP contribution in [0.25, 0.3) is 11.1 Å². The first-order valence-electron chi connectivity index (χ1n) is 10.2. The summed E-state index contributed by atoms with van der Waals surface area (Å²) in [6, 6.07) is 12.7. The molecule has 0 unspecified atom stereocenters. The van der Waals surface area contributed by atoms with Crippen LogP contribution in [0.5, 0.6) is 0 Å². The smallest absolute Gasteiger partial charge is 0.333 e. The molecular weight excluding hydrogens is 348 g/mol. The van der Waals surface area contributed by atoms with Crippen LogP contribution >= 0.6 is 0 Å². The molecule has 3 heteroatoms. The largest absolute Gasteiger partial charge is 0.457 e. The van der Waals surface area contributed by atoms with E-state index in [1.807, 2.05) is 18.2 Å². The third kappa shape index (κ3) is 4.71. The maximum atomic E-state index is 11.7. The van der Waals surface area contributed by atoms with Crippen molar-refractivity contribution in [3.05, 3.63) is 70.8 Å². The molecule has 1 aliphatic rings. The number of ether oxygens (including phenoxy) is 1. The highest BCUT2D eigenvalue weighted by molar-refractivity contribution is 5.86. The standard InChI is InChI=1S/C25H30O3/c1-17(2)25(27)28-16-23-14-21(9-10-22(23)15-26)24-12-11-20(13-18(24)3)19-7-5-4-6-8-19/h9-14,19,26H,1,4-8,15-16H2,2-3H3. The summed E-state index contributed by atoms with van der Waals surface area (Å²) in [5.74, 6) is 0.276. The molecule has 0 aromatic heterocycles. The van der Waals surface area contributed by atoms with Crippen molar-refractivity contribution in [1.29, 1.82) is 0 Å². The quantitative estimate of drug-likeness (QED) is 0.509. The normalized spacial score (nSPS) is 14.7. The zero-order chi connectivity index (χ0) is 20.1. The molecule has 3 nitrogen and oxygen atoms in total. The number of aliphatic hydroxyl groups is 1. The van der Waals surface area contributed by atoms with Crippen molar-refractivity contribution >= 4 is 5.97 Å². The van der Waals surface area contributed by atoms with E-state index in [0.717, 1.165) is 16.7 Å². The van der Waals surface area contributed by atoms with Gasteiger partial charge < -0.3 is 9.84 Å². The highest BCUT2D eigenvalue weighted by Gasteiger charge is 2.17. The van der Waals surface area contributed by atoms with Crippen molar-refractivity contribution in [1.82, 2.24) is 0 Å². The Labute approximate surface area is 168 Å². The number of carbonyl (C=O) groups excluding carboxylic acids is 1. The number of aryl methyl sites for hydroxylation is 1. The molecule has 1 saturated carbocycles.